The van der Waals surface area contributed by atoms with Crippen molar-refractivity contribution >= 4 is 5.91 Å². The molecule has 1 aromatic carbocycles. The Bertz CT molecular complexity index is 1300. The first-order chi connectivity index (χ1) is 16.4. The van der Waals surface area contributed by atoms with E-state index in [-0.39, 0.29) is 8.76 Å². The first-order valence-electron chi connectivity index (χ1n) is 11.0. The summed E-state index contributed by atoms with van der Waals surface area (Å²) < 4.78 is 10.6. The van der Waals surface area contributed by atoms with Crippen molar-refractivity contribution in [3.63, 3.8) is 0 Å². The first kappa shape index (κ1) is 23.3. The average Bonchev–Trinajstić information content (AvgIpc) is 3.35. The van der Waals surface area contributed by atoms with Gasteiger partial charge in [0.2, 0.25) is 5.91 Å². The third-order valence-electron chi connectivity index (χ3n) is 5.62. The van der Waals surface area contributed by atoms with E-state index in [2.05, 4.69) is 20.4 Å². The fraction of sp³-hybridized carbons (Fsp3) is 0.269. The second-order valence-corrected chi connectivity index (χ2v) is 8.44. The number of amides is 1. The lowest BCUT2D eigenvalue weighted by molar-refractivity contribution is -0.125. The predicted octanol–water partition coefficient (Wildman–Crippen LogP) is 4.70. The molecule has 0 spiro atoms. The van der Waals surface area contributed by atoms with E-state index in [1.807, 2.05) is 69.3 Å². The van der Waals surface area contributed by atoms with Gasteiger partial charge in [0.1, 0.15) is 11.4 Å². The Labute approximate surface area is 201 Å². The van der Waals surface area contributed by atoms with E-state index in [9.17, 15) is 4.79 Å². The molecular formula is C26H31N5O3. The zero-order valence-corrected chi connectivity index (χ0v) is 19.7. The molecule has 0 atom stereocenters. The van der Waals surface area contributed by atoms with Gasteiger partial charge in [-0.05, 0) is 32.9 Å². The fourth-order valence-corrected chi connectivity index (χ4v) is 3.49. The molecule has 3 heterocycles. The summed E-state index contributed by atoms with van der Waals surface area (Å²) in [5.41, 5.74) is 4.29. The van der Waals surface area contributed by atoms with Crippen LogP contribution in [0.1, 0.15) is 28.1 Å². The van der Waals surface area contributed by atoms with Crippen molar-refractivity contribution in [1.82, 2.24) is 25.4 Å². The van der Waals surface area contributed by atoms with Crippen molar-refractivity contribution < 1.29 is 16.9 Å². The van der Waals surface area contributed by atoms with Gasteiger partial charge >= 0.3 is 0 Å². The monoisotopic (exact) mass is 461 g/mol. The van der Waals surface area contributed by atoms with Crippen LogP contribution in [-0.2, 0) is 14.9 Å². The smallest absolute Gasteiger partial charge is 0.231 e. The molecule has 3 aromatic heterocycles. The molecule has 0 fully saturated rings. The third-order valence-corrected chi connectivity index (χ3v) is 5.62. The number of carbonyl (C=O) groups excluding carboxylic acids is 1. The molecule has 4 aromatic rings. The molecule has 0 aliphatic carbocycles. The van der Waals surface area contributed by atoms with Gasteiger partial charge in [0.15, 0.2) is 5.76 Å². The molecule has 8 heteroatoms. The van der Waals surface area contributed by atoms with E-state index in [4.69, 9.17) is 14.2 Å². The number of methoxy groups -OCH3 is 1. The van der Waals surface area contributed by atoms with E-state index in [0.29, 0.717) is 36.0 Å². The minimum absolute atomic E-state index is 0. The van der Waals surface area contributed by atoms with Crippen molar-refractivity contribution in [2.75, 3.05) is 20.3 Å². The first-order valence-corrected chi connectivity index (χ1v) is 11.0. The molecule has 8 nitrogen and oxygen atoms in total. The third kappa shape index (κ3) is 4.87. The van der Waals surface area contributed by atoms with Crippen molar-refractivity contribution in [2.24, 2.45) is 0 Å². The van der Waals surface area contributed by atoms with Crippen LogP contribution in [0.5, 0.6) is 0 Å². The van der Waals surface area contributed by atoms with Gasteiger partial charge in [-0.15, -0.1) is 0 Å². The molecule has 0 aliphatic rings. The molecule has 0 saturated carbocycles. The topological polar surface area (TPSA) is 103 Å². The lowest BCUT2D eigenvalue weighted by atomic mass is 9.86. The molecule has 0 unspecified atom stereocenters. The van der Waals surface area contributed by atoms with Crippen LogP contribution in [0, 0.1) is 6.92 Å². The Kier molecular flexibility index (Phi) is 6.79. The molecule has 1 N–H and O–H groups in total. The van der Waals surface area contributed by atoms with Crippen LogP contribution in [-0.4, -0.2) is 46.3 Å². The highest BCUT2D eigenvalue weighted by atomic mass is 16.5. The number of nitrogens with zero attached hydrogens (tertiary/aromatic N) is 4. The highest BCUT2D eigenvalue weighted by Gasteiger charge is 2.31. The summed E-state index contributed by atoms with van der Waals surface area (Å²) >= 11 is 0. The summed E-state index contributed by atoms with van der Waals surface area (Å²) in [4.78, 5) is 26.5. The van der Waals surface area contributed by atoms with Crippen LogP contribution in [0.15, 0.2) is 65.4 Å². The Morgan fingerprint density at radius 1 is 1.09 bits per heavy atom. The highest BCUT2D eigenvalue weighted by molar-refractivity contribution is 5.87. The molecule has 34 heavy (non-hydrogen) atoms. The highest BCUT2D eigenvalue weighted by Crippen LogP contribution is 2.30. The second kappa shape index (κ2) is 9.93. The van der Waals surface area contributed by atoms with Crippen LogP contribution in [0.25, 0.3) is 34.0 Å². The zero-order valence-electron chi connectivity index (χ0n) is 19.7. The summed E-state index contributed by atoms with van der Waals surface area (Å²) in [6, 6.07) is 15.4. The van der Waals surface area contributed by atoms with E-state index < -0.39 is 5.41 Å². The van der Waals surface area contributed by atoms with Crippen LogP contribution in [0.2, 0.25) is 0 Å². The van der Waals surface area contributed by atoms with Gasteiger partial charge in [0.05, 0.1) is 35.3 Å². The lowest BCUT2D eigenvalue weighted by Gasteiger charge is -2.23. The van der Waals surface area contributed by atoms with E-state index in [1.165, 1.54) is 0 Å². The molecular weight excluding hydrogens is 430 g/mol. The standard InChI is InChI=1S/C26H27N5O3.2H2/c1-17-24(22-15-20(31-34-22)18-8-6-5-7-9-18)30-21(16-29-17)19-10-11-27-23(14-19)26(2,3)25(32)28-12-13-33-4;;/h5-11,14-16H,12-13H2,1-4H3,(H,28,32);2*1H. The number of ether oxygens (including phenoxy) is 1. The number of rotatable bonds is 8. The number of aryl methyl sites for hydroxylation is 1. The summed E-state index contributed by atoms with van der Waals surface area (Å²) in [6.07, 6.45) is 3.39. The van der Waals surface area contributed by atoms with Gasteiger partial charge in [-0.25, -0.2) is 4.98 Å². The van der Waals surface area contributed by atoms with Gasteiger partial charge < -0.3 is 14.6 Å². The minimum atomic E-state index is -0.833. The zero-order chi connectivity index (χ0) is 24.1. The second-order valence-electron chi connectivity index (χ2n) is 8.44. The largest absolute Gasteiger partial charge is 0.383 e. The van der Waals surface area contributed by atoms with Crippen molar-refractivity contribution in [3.8, 4) is 34.0 Å². The summed E-state index contributed by atoms with van der Waals surface area (Å²) in [5, 5.41) is 7.08. The molecule has 0 aliphatic heterocycles. The Balaban J connectivity index is 0.00000228. The predicted molar refractivity (Wildman–Crippen MR) is 133 cm³/mol. The number of carbonyl (C=O) groups is 1. The summed E-state index contributed by atoms with van der Waals surface area (Å²) in [6.45, 7) is 6.45. The maximum Gasteiger partial charge on any atom is 0.231 e. The van der Waals surface area contributed by atoms with Crippen molar-refractivity contribution in [1.29, 1.82) is 0 Å². The van der Waals surface area contributed by atoms with Gasteiger partial charge in [0.25, 0.3) is 0 Å². The maximum atomic E-state index is 12.7. The molecule has 0 bridgehead atoms. The number of nitrogens with one attached hydrogen (secondary N) is 1. The maximum absolute atomic E-state index is 12.7. The van der Waals surface area contributed by atoms with E-state index >= 15 is 0 Å². The lowest BCUT2D eigenvalue weighted by Crippen LogP contribution is -2.41. The van der Waals surface area contributed by atoms with E-state index in [0.717, 1.165) is 22.5 Å². The number of hydrogen-bond acceptors (Lipinski definition) is 7. The van der Waals surface area contributed by atoms with Gasteiger partial charge in [-0.2, -0.15) is 0 Å². The van der Waals surface area contributed by atoms with E-state index in [1.54, 1.807) is 19.5 Å². The summed E-state index contributed by atoms with van der Waals surface area (Å²) in [5.74, 6) is 0.415. The number of hydrogen-bond donors (Lipinski definition) is 1. The number of aromatic nitrogens is 4. The van der Waals surface area contributed by atoms with Gasteiger partial charge in [0, 0.05) is 39.9 Å². The average molecular weight is 462 g/mol. The van der Waals surface area contributed by atoms with Crippen LogP contribution < -0.4 is 5.32 Å². The minimum Gasteiger partial charge on any atom is -0.383 e. The Morgan fingerprint density at radius 3 is 2.65 bits per heavy atom. The van der Waals surface area contributed by atoms with Gasteiger partial charge in [-0.3, -0.25) is 14.8 Å². The number of pyridine rings is 1. The van der Waals surface area contributed by atoms with Crippen molar-refractivity contribution in [3.05, 3.63) is 72.3 Å². The fourth-order valence-electron chi connectivity index (χ4n) is 3.49. The Morgan fingerprint density at radius 2 is 1.88 bits per heavy atom. The van der Waals surface area contributed by atoms with Crippen LogP contribution in [0.3, 0.4) is 0 Å². The van der Waals surface area contributed by atoms with Crippen LogP contribution in [0.4, 0.5) is 0 Å². The molecule has 4 rings (SSSR count). The summed E-state index contributed by atoms with van der Waals surface area (Å²) in [7, 11) is 1.60. The molecule has 1 amide bonds. The molecule has 0 saturated heterocycles. The molecule has 178 valence electrons. The Hall–Kier alpha value is -3.91. The quantitative estimate of drug-likeness (QED) is 0.379. The van der Waals surface area contributed by atoms with Crippen LogP contribution >= 0.6 is 0 Å². The van der Waals surface area contributed by atoms with Gasteiger partial charge in [-0.1, -0.05) is 35.5 Å². The molecule has 0 radical (unpaired) electrons. The number of benzene rings is 1. The van der Waals surface area contributed by atoms with Crippen molar-refractivity contribution in [2.45, 2.75) is 26.2 Å². The normalized spacial score (nSPS) is 11.4. The SMILES string of the molecule is COCCNC(=O)C(C)(C)c1cc(-c2cnc(C)c(-c3cc(-c4ccccc4)no3)n2)ccn1.[HH].[HH].